The number of aromatic nitrogens is 1. The molecule has 1 unspecified atom stereocenters. The molecule has 1 heterocycles. The molecule has 0 aliphatic rings. The van der Waals surface area contributed by atoms with E-state index >= 15 is 0 Å². The zero-order valence-corrected chi connectivity index (χ0v) is 8.68. The van der Waals surface area contributed by atoms with Crippen molar-refractivity contribution in [1.29, 1.82) is 0 Å². The molecule has 0 fully saturated rings. The molecule has 1 atom stereocenters. The Bertz CT molecular complexity index is 473. The van der Waals surface area contributed by atoms with E-state index in [-0.39, 0.29) is 5.92 Å². The van der Waals surface area contributed by atoms with E-state index in [1.807, 2.05) is 25.3 Å². The Hall–Kier alpha value is -1.70. The second-order valence-electron chi connectivity index (χ2n) is 3.83. The van der Waals surface area contributed by atoms with Gasteiger partial charge >= 0.3 is 0 Å². The number of pyridine rings is 1. The summed E-state index contributed by atoms with van der Waals surface area (Å²) in [5.41, 5.74) is 1.19. The molecular weight excluding hydrogens is 186 g/mol. The second-order valence-corrected chi connectivity index (χ2v) is 3.83. The maximum Gasteiger partial charge on any atom is 0.123 e. The van der Waals surface area contributed by atoms with Crippen LogP contribution in [-0.2, 0) is 11.2 Å². The van der Waals surface area contributed by atoms with Crippen LogP contribution in [0.5, 0.6) is 0 Å². The summed E-state index contributed by atoms with van der Waals surface area (Å²) in [6, 6.07) is 8.13. The minimum atomic E-state index is 0.0656. The Morgan fingerprint density at radius 3 is 3.07 bits per heavy atom. The van der Waals surface area contributed by atoms with Crippen molar-refractivity contribution in [3.8, 4) is 0 Å². The largest absolute Gasteiger partial charge is 0.303 e. The van der Waals surface area contributed by atoms with Gasteiger partial charge in [-0.1, -0.05) is 25.1 Å². The molecule has 2 rings (SSSR count). The van der Waals surface area contributed by atoms with Crippen LogP contribution in [0.2, 0.25) is 0 Å². The second kappa shape index (κ2) is 4.22. The Morgan fingerprint density at radius 2 is 2.27 bits per heavy atom. The van der Waals surface area contributed by atoms with Crippen molar-refractivity contribution in [3.63, 3.8) is 0 Å². The number of aldehydes is 1. The summed E-state index contributed by atoms with van der Waals surface area (Å²) in [7, 11) is 0. The van der Waals surface area contributed by atoms with E-state index in [1.165, 1.54) is 10.9 Å². The number of carbonyl (C=O) groups excluding carboxylic acids is 1. The molecule has 1 aromatic heterocycles. The van der Waals surface area contributed by atoms with Crippen LogP contribution in [0.4, 0.5) is 0 Å². The van der Waals surface area contributed by atoms with E-state index in [2.05, 4.69) is 17.1 Å². The van der Waals surface area contributed by atoms with Crippen LogP contribution >= 0.6 is 0 Å². The van der Waals surface area contributed by atoms with Gasteiger partial charge in [-0.15, -0.1) is 0 Å². The molecule has 0 radical (unpaired) electrons. The van der Waals surface area contributed by atoms with Crippen LogP contribution in [0.3, 0.4) is 0 Å². The molecule has 0 saturated carbocycles. The highest BCUT2D eigenvalue weighted by molar-refractivity contribution is 5.84. The lowest BCUT2D eigenvalue weighted by molar-refractivity contribution is -0.110. The van der Waals surface area contributed by atoms with Crippen molar-refractivity contribution in [2.75, 3.05) is 0 Å². The minimum Gasteiger partial charge on any atom is -0.303 e. The summed E-state index contributed by atoms with van der Waals surface area (Å²) in [6.45, 7) is 1.93. The van der Waals surface area contributed by atoms with Crippen LogP contribution < -0.4 is 0 Å². The molecule has 1 aromatic carbocycles. The number of rotatable bonds is 3. The Balaban J connectivity index is 2.46. The lowest BCUT2D eigenvalue weighted by atomic mass is 9.98. The molecule has 76 valence electrons. The van der Waals surface area contributed by atoms with Gasteiger partial charge < -0.3 is 4.79 Å². The van der Waals surface area contributed by atoms with Crippen molar-refractivity contribution in [2.24, 2.45) is 5.92 Å². The van der Waals surface area contributed by atoms with Gasteiger partial charge in [-0.05, 0) is 23.4 Å². The summed E-state index contributed by atoms with van der Waals surface area (Å²) in [5, 5.41) is 2.33. The third-order valence-electron chi connectivity index (χ3n) is 2.55. The van der Waals surface area contributed by atoms with Gasteiger partial charge in [0.25, 0.3) is 0 Å². The third kappa shape index (κ3) is 2.04. The van der Waals surface area contributed by atoms with Crippen LogP contribution in [0.15, 0.2) is 36.7 Å². The van der Waals surface area contributed by atoms with E-state index in [4.69, 9.17) is 0 Å². The molecule has 0 aliphatic heterocycles. The number of nitrogens with zero attached hydrogens (tertiary/aromatic N) is 1. The molecule has 0 aliphatic carbocycles. The van der Waals surface area contributed by atoms with Crippen molar-refractivity contribution in [1.82, 2.24) is 4.98 Å². The lowest BCUT2D eigenvalue weighted by Crippen LogP contribution is -2.01. The number of hydrogen-bond acceptors (Lipinski definition) is 2. The first-order chi connectivity index (χ1) is 7.31. The molecule has 2 heteroatoms. The Labute approximate surface area is 89.0 Å². The molecular formula is C13H13NO. The molecule has 0 spiro atoms. The van der Waals surface area contributed by atoms with Gasteiger partial charge in [0.1, 0.15) is 6.29 Å². The first-order valence-corrected chi connectivity index (χ1v) is 5.08. The average molecular weight is 199 g/mol. The number of benzene rings is 1. The van der Waals surface area contributed by atoms with Gasteiger partial charge in [-0.3, -0.25) is 4.98 Å². The van der Waals surface area contributed by atoms with E-state index in [0.717, 1.165) is 18.1 Å². The van der Waals surface area contributed by atoms with Gasteiger partial charge in [0.05, 0.1) is 0 Å². The fraction of sp³-hybridized carbons (Fsp3) is 0.231. The highest BCUT2D eigenvalue weighted by Gasteiger charge is 2.05. The van der Waals surface area contributed by atoms with Crippen molar-refractivity contribution >= 4 is 17.1 Å². The standard InChI is InChI=1S/C13H13NO/c1-10(9-15)7-12-4-2-3-11-5-6-14-8-13(11)12/h2-6,8-10H,7H2,1H3. The summed E-state index contributed by atoms with van der Waals surface area (Å²) in [5.74, 6) is 0.0656. The van der Waals surface area contributed by atoms with E-state index < -0.39 is 0 Å². The Morgan fingerprint density at radius 1 is 1.40 bits per heavy atom. The molecule has 0 saturated heterocycles. The smallest absolute Gasteiger partial charge is 0.123 e. The van der Waals surface area contributed by atoms with Gasteiger partial charge in [0.15, 0.2) is 0 Å². The van der Waals surface area contributed by atoms with Crippen molar-refractivity contribution in [2.45, 2.75) is 13.3 Å². The fourth-order valence-electron chi connectivity index (χ4n) is 1.75. The van der Waals surface area contributed by atoms with Gasteiger partial charge in [-0.2, -0.15) is 0 Å². The predicted molar refractivity (Wildman–Crippen MR) is 60.7 cm³/mol. The summed E-state index contributed by atoms with van der Waals surface area (Å²) >= 11 is 0. The van der Waals surface area contributed by atoms with Gasteiger partial charge in [-0.25, -0.2) is 0 Å². The number of hydrogen-bond donors (Lipinski definition) is 0. The highest BCUT2D eigenvalue weighted by atomic mass is 16.1. The zero-order chi connectivity index (χ0) is 10.7. The highest BCUT2D eigenvalue weighted by Crippen LogP contribution is 2.19. The summed E-state index contributed by atoms with van der Waals surface area (Å²) in [6.07, 6.45) is 5.43. The third-order valence-corrected chi connectivity index (χ3v) is 2.55. The van der Waals surface area contributed by atoms with Crippen molar-refractivity contribution in [3.05, 3.63) is 42.2 Å². The SMILES string of the molecule is CC(C=O)Cc1cccc2ccncc12. The van der Waals surface area contributed by atoms with E-state index in [0.29, 0.717) is 0 Å². The summed E-state index contributed by atoms with van der Waals surface area (Å²) < 4.78 is 0. The van der Waals surface area contributed by atoms with Gasteiger partial charge in [0, 0.05) is 23.7 Å². The minimum absolute atomic E-state index is 0.0656. The normalized spacial score (nSPS) is 12.6. The molecule has 2 nitrogen and oxygen atoms in total. The fourth-order valence-corrected chi connectivity index (χ4v) is 1.75. The monoisotopic (exact) mass is 199 g/mol. The molecule has 15 heavy (non-hydrogen) atoms. The van der Waals surface area contributed by atoms with E-state index in [9.17, 15) is 4.79 Å². The van der Waals surface area contributed by atoms with Crippen LogP contribution in [-0.4, -0.2) is 11.3 Å². The quantitative estimate of drug-likeness (QED) is 0.711. The van der Waals surface area contributed by atoms with Crippen LogP contribution in [0.1, 0.15) is 12.5 Å². The molecule has 0 N–H and O–H groups in total. The van der Waals surface area contributed by atoms with Crippen LogP contribution in [0.25, 0.3) is 10.8 Å². The van der Waals surface area contributed by atoms with E-state index in [1.54, 1.807) is 6.20 Å². The van der Waals surface area contributed by atoms with Crippen molar-refractivity contribution < 1.29 is 4.79 Å². The first kappa shape index (κ1) is 9.84. The number of carbonyl (C=O) groups is 1. The average Bonchev–Trinajstić information content (AvgIpc) is 2.29. The molecule has 0 amide bonds. The zero-order valence-electron chi connectivity index (χ0n) is 8.68. The summed E-state index contributed by atoms with van der Waals surface area (Å²) in [4.78, 5) is 14.7. The maximum absolute atomic E-state index is 10.6. The maximum atomic E-state index is 10.6. The topological polar surface area (TPSA) is 30.0 Å². The first-order valence-electron chi connectivity index (χ1n) is 5.08. The van der Waals surface area contributed by atoms with Crippen LogP contribution in [0, 0.1) is 5.92 Å². The van der Waals surface area contributed by atoms with Gasteiger partial charge in [0.2, 0.25) is 0 Å². The lowest BCUT2D eigenvalue weighted by Gasteiger charge is -2.07. The molecule has 0 bridgehead atoms. The molecule has 2 aromatic rings. The number of fused-ring (bicyclic) bond motifs is 1. The predicted octanol–water partition coefficient (Wildman–Crippen LogP) is 2.61. The Kier molecular flexibility index (Phi) is 2.77.